The summed E-state index contributed by atoms with van der Waals surface area (Å²) in [5, 5.41) is 7.87. The third kappa shape index (κ3) is 6.18. The van der Waals surface area contributed by atoms with Crippen LogP contribution < -0.4 is 25.1 Å². The first-order valence-electron chi connectivity index (χ1n) is 11.7. The van der Waals surface area contributed by atoms with E-state index in [2.05, 4.69) is 19.9 Å². The van der Waals surface area contributed by atoms with E-state index in [9.17, 15) is 18.0 Å². The first kappa shape index (κ1) is 27.6. The van der Waals surface area contributed by atoms with Gasteiger partial charge in [-0.1, -0.05) is 12.1 Å². The maximum Gasteiger partial charge on any atom is 0.414 e. The molecule has 0 fully saturated rings. The Balaban J connectivity index is 1.79. The van der Waals surface area contributed by atoms with E-state index >= 15 is 4.39 Å². The van der Waals surface area contributed by atoms with E-state index < -0.39 is 27.7 Å². The minimum Gasteiger partial charge on any atom is -0.422 e. The van der Waals surface area contributed by atoms with Crippen LogP contribution in [-0.4, -0.2) is 50.3 Å². The first-order valence-corrected chi connectivity index (χ1v) is 13.2. The molecule has 2 aromatic heterocycles. The van der Waals surface area contributed by atoms with Crippen molar-refractivity contribution in [1.29, 1.82) is 0 Å². The molecule has 0 radical (unpaired) electrons. The highest BCUT2D eigenvalue weighted by Gasteiger charge is 2.20. The van der Waals surface area contributed by atoms with E-state index in [1.165, 1.54) is 50.3 Å². The number of anilines is 2. The Morgan fingerprint density at radius 1 is 1.18 bits per heavy atom. The topological polar surface area (TPSA) is 148 Å². The fourth-order valence-electron chi connectivity index (χ4n) is 3.83. The van der Waals surface area contributed by atoms with Crippen molar-refractivity contribution < 1.29 is 26.8 Å². The lowest BCUT2D eigenvalue weighted by molar-refractivity contribution is 0.172. The van der Waals surface area contributed by atoms with Gasteiger partial charge in [-0.2, -0.15) is 13.5 Å². The van der Waals surface area contributed by atoms with E-state index in [-0.39, 0.29) is 41.1 Å². The van der Waals surface area contributed by atoms with E-state index in [0.29, 0.717) is 16.8 Å². The number of benzene rings is 2. The van der Waals surface area contributed by atoms with Gasteiger partial charge < -0.3 is 19.4 Å². The maximum atomic E-state index is 15.3. The molecule has 0 aliphatic heterocycles. The summed E-state index contributed by atoms with van der Waals surface area (Å²) in [6.45, 7) is 0.154. The predicted molar refractivity (Wildman–Crippen MR) is 144 cm³/mol. The number of rotatable bonds is 9. The van der Waals surface area contributed by atoms with Crippen molar-refractivity contribution >= 4 is 38.8 Å². The minimum absolute atomic E-state index is 0.0799. The molecule has 1 amide bonds. The monoisotopic (exact) mass is 558 g/mol. The molecule has 0 aliphatic rings. The van der Waals surface area contributed by atoms with Gasteiger partial charge in [0.25, 0.3) is 10.2 Å². The van der Waals surface area contributed by atoms with Gasteiger partial charge in [-0.15, -0.1) is 0 Å². The molecule has 206 valence electrons. The molecule has 2 aromatic carbocycles. The van der Waals surface area contributed by atoms with Crippen LogP contribution in [0.1, 0.15) is 16.7 Å². The number of hydrogen-bond donors (Lipinski definition) is 3. The van der Waals surface area contributed by atoms with Crippen LogP contribution in [0.2, 0.25) is 0 Å². The zero-order valence-corrected chi connectivity index (χ0v) is 22.4. The molecular weight excluding hydrogens is 531 g/mol. The molecule has 0 saturated heterocycles. The van der Waals surface area contributed by atoms with Crippen molar-refractivity contribution in [2.75, 3.05) is 31.2 Å². The van der Waals surface area contributed by atoms with Crippen molar-refractivity contribution in [1.82, 2.24) is 19.4 Å². The highest BCUT2D eigenvalue weighted by molar-refractivity contribution is 7.90. The number of carbonyl (C=O) groups is 1. The number of aryl methyl sites for hydroxylation is 1. The lowest BCUT2D eigenvalue weighted by Gasteiger charge is -2.16. The van der Waals surface area contributed by atoms with Crippen molar-refractivity contribution in [2.45, 2.75) is 13.0 Å². The normalized spacial score (nSPS) is 11.4. The lowest BCUT2D eigenvalue weighted by Crippen LogP contribution is -2.27. The summed E-state index contributed by atoms with van der Waals surface area (Å²) in [6, 6.07) is 10.6. The van der Waals surface area contributed by atoms with Crippen LogP contribution in [0.5, 0.6) is 5.75 Å². The van der Waals surface area contributed by atoms with Gasteiger partial charge >= 0.3 is 11.7 Å². The number of amides is 1. The molecule has 14 heteroatoms. The molecule has 2 heterocycles. The summed E-state index contributed by atoms with van der Waals surface area (Å²) < 4.78 is 55.8. The summed E-state index contributed by atoms with van der Waals surface area (Å²) in [5.74, 6) is 0.0269. The number of nitrogens with zero attached hydrogens (tertiary/aromatic N) is 3. The first-order chi connectivity index (χ1) is 18.5. The molecule has 0 aliphatic carbocycles. The molecule has 4 rings (SSSR count). The summed E-state index contributed by atoms with van der Waals surface area (Å²) >= 11 is 0. The number of aromatic nitrogens is 2. The number of carbonyl (C=O) groups excluding carboxylic acids is 1. The SMILES string of the molecule is CNS(=O)(=O)Nc1cccc(Cc2c(CNc3ccnn3C)c3ccc(OC(=O)N(C)C)cc3oc2=O)c1F. The van der Waals surface area contributed by atoms with Crippen LogP contribution in [0.3, 0.4) is 0 Å². The van der Waals surface area contributed by atoms with E-state index in [4.69, 9.17) is 9.15 Å². The zero-order chi connectivity index (χ0) is 28.3. The Kier molecular flexibility index (Phi) is 7.88. The van der Waals surface area contributed by atoms with Crippen LogP contribution in [0.25, 0.3) is 11.0 Å². The van der Waals surface area contributed by atoms with Gasteiger partial charge in [0, 0.05) is 64.2 Å². The highest BCUT2D eigenvalue weighted by Crippen LogP contribution is 2.28. The fraction of sp³-hybridized carbons (Fsp3) is 0.240. The average Bonchev–Trinajstić information content (AvgIpc) is 3.30. The molecule has 39 heavy (non-hydrogen) atoms. The molecular formula is C25H27FN6O6S. The van der Waals surface area contributed by atoms with Gasteiger partial charge in [0.15, 0.2) is 5.82 Å². The molecule has 3 N–H and O–H groups in total. The van der Waals surface area contributed by atoms with Crippen molar-refractivity contribution in [3.8, 4) is 5.75 Å². The van der Waals surface area contributed by atoms with Gasteiger partial charge in [0.2, 0.25) is 0 Å². The molecule has 0 bridgehead atoms. The molecule has 12 nitrogen and oxygen atoms in total. The number of ether oxygens (including phenoxy) is 1. The standard InChI is InChI=1S/C25H27FN6O6S/c1-27-39(35,36)30-20-7-5-6-15(23(20)26)12-18-19(14-28-22-10-11-29-32(22)4)17-9-8-16(37-25(34)31(2)3)13-21(17)38-24(18)33/h5-11,13,27-28,30H,12,14H2,1-4H3. The number of halogens is 1. The summed E-state index contributed by atoms with van der Waals surface area (Å²) in [7, 11) is 2.05. The fourth-order valence-corrected chi connectivity index (χ4v) is 4.38. The van der Waals surface area contributed by atoms with Crippen LogP contribution >= 0.6 is 0 Å². The Bertz CT molecular complexity index is 1700. The van der Waals surface area contributed by atoms with E-state index in [1.54, 1.807) is 36.1 Å². The van der Waals surface area contributed by atoms with Crippen LogP contribution in [0.15, 0.2) is 57.9 Å². The minimum atomic E-state index is -3.96. The summed E-state index contributed by atoms with van der Waals surface area (Å²) in [4.78, 5) is 26.5. The molecule has 0 unspecified atom stereocenters. The smallest absolute Gasteiger partial charge is 0.414 e. The average molecular weight is 559 g/mol. The third-order valence-electron chi connectivity index (χ3n) is 5.89. The van der Waals surface area contributed by atoms with E-state index in [0.717, 1.165) is 0 Å². The van der Waals surface area contributed by atoms with Gasteiger partial charge in [-0.05, 0) is 29.3 Å². The molecule has 0 spiro atoms. The van der Waals surface area contributed by atoms with Gasteiger partial charge in [0.1, 0.15) is 17.2 Å². The zero-order valence-electron chi connectivity index (χ0n) is 21.6. The summed E-state index contributed by atoms with van der Waals surface area (Å²) in [5.41, 5.74) is -0.0481. The highest BCUT2D eigenvalue weighted by atomic mass is 32.2. The molecule has 0 saturated carbocycles. The van der Waals surface area contributed by atoms with E-state index in [1.807, 2.05) is 0 Å². The number of hydrogen-bond acceptors (Lipinski definition) is 8. The Hall–Kier alpha value is -4.43. The van der Waals surface area contributed by atoms with Crippen LogP contribution in [0.4, 0.5) is 20.7 Å². The predicted octanol–water partition coefficient (Wildman–Crippen LogP) is 2.80. The quantitative estimate of drug-likeness (QED) is 0.266. The Morgan fingerprint density at radius 3 is 2.62 bits per heavy atom. The second-order valence-electron chi connectivity index (χ2n) is 8.73. The van der Waals surface area contributed by atoms with Crippen molar-refractivity contribution in [3.63, 3.8) is 0 Å². The summed E-state index contributed by atoms with van der Waals surface area (Å²) in [6.07, 6.45) is 0.827. The second-order valence-corrected chi connectivity index (χ2v) is 10.3. The second kappa shape index (κ2) is 11.1. The largest absolute Gasteiger partial charge is 0.422 e. The Labute approximate surface area is 223 Å². The van der Waals surface area contributed by atoms with Crippen molar-refractivity contribution in [3.05, 3.63) is 81.6 Å². The van der Waals surface area contributed by atoms with Gasteiger partial charge in [-0.3, -0.25) is 9.40 Å². The molecule has 0 atom stereocenters. The maximum absolute atomic E-state index is 15.3. The van der Waals surface area contributed by atoms with Crippen LogP contribution in [0, 0.1) is 5.82 Å². The lowest BCUT2D eigenvalue weighted by atomic mass is 9.97. The van der Waals surface area contributed by atoms with Gasteiger partial charge in [-0.25, -0.2) is 18.7 Å². The number of nitrogens with one attached hydrogen (secondary N) is 3. The van der Waals surface area contributed by atoms with Crippen molar-refractivity contribution in [2.24, 2.45) is 7.05 Å². The third-order valence-corrected chi connectivity index (χ3v) is 6.91. The Morgan fingerprint density at radius 2 is 1.95 bits per heavy atom. The van der Waals surface area contributed by atoms with Crippen LogP contribution in [-0.2, 0) is 30.2 Å². The number of fused-ring (bicyclic) bond motifs is 1. The molecule has 4 aromatic rings. The van der Waals surface area contributed by atoms with Gasteiger partial charge in [0.05, 0.1) is 11.9 Å².